The lowest BCUT2D eigenvalue weighted by Crippen LogP contribution is -2.46. The number of carbonyl (C=O) groups excluding carboxylic acids is 1. The lowest BCUT2D eigenvalue weighted by atomic mass is 10.2. The van der Waals surface area contributed by atoms with Crippen molar-refractivity contribution in [3.63, 3.8) is 0 Å². The highest BCUT2D eigenvalue weighted by Crippen LogP contribution is 2.12. The van der Waals surface area contributed by atoms with Gasteiger partial charge in [-0.3, -0.25) is 9.59 Å². The van der Waals surface area contributed by atoms with Gasteiger partial charge in [0.15, 0.2) is 0 Å². The fourth-order valence-electron chi connectivity index (χ4n) is 2.35. The summed E-state index contributed by atoms with van der Waals surface area (Å²) in [6.45, 7) is 1.75. The summed E-state index contributed by atoms with van der Waals surface area (Å²) in [4.78, 5) is 24.5. The molecule has 0 aromatic heterocycles. The van der Waals surface area contributed by atoms with Crippen molar-refractivity contribution < 1.29 is 24.2 Å². The maximum Gasteiger partial charge on any atom is 0.306 e. The van der Waals surface area contributed by atoms with E-state index in [0.717, 1.165) is 5.75 Å². The van der Waals surface area contributed by atoms with E-state index in [9.17, 15) is 9.59 Å². The SMILES string of the molecule is O=C(O)C[C@@H]1CN(C(=O)CCCOc2ccccc2)CCO1. The normalized spacial score (nSPS) is 18.0. The molecule has 1 saturated heterocycles. The van der Waals surface area contributed by atoms with Crippen LogP contribution >= 0.6 is 0 Å². The highest BCUT2D eigenvalue weighted by Gasteiger charge is 2.25. The Balaban J connectivity index is 1.67. The van der Waals surface area contributed by atoms with E-state index in [2.05, 4.69) is 0 Å². The van der Waals surface area contributed by atoms with Crippen LogP contribution in [0, 0.1) is 0 Å². The van der Waals surface area contributed by atoms with E-state index in [0.29, 0.717) is 39.1 Å². The van der Waals surface area contributed by atoms with Gasteiger partial charge in [-0.15, -0.1) is 0 Å². The van der Waals surface area contributed by atoms with Crippen LogP contribution in [0.3, 0.4) is 0 Å². The highest BCUT2D eigenvalue weighted by atomic mass is 16.5. The first-order valence-corrected chi connectivity index (χ1v) is 7.44. The van der Waals surface area contributed by atoms with Gasteiger partial charge in [0.05, 0.1) is 25.7 Å². The van der Waals surface area contributed by atoms with Gasteiger partial charge >= 0.3 is 5.97 Å². The number of aliphatic carboxylic acids is 1. The summed E-state index contributed by atoms with van der Waals surface area (Å²) in [5.74, 6) is -0.0891. The smallest absolute Gasteiger partial charge is 0.306 e. The molecule has 1 fully saturated rings. The molecule has 1 aromatic carbocycles. The third-order valence-electron chi connectivity index (χ3n) is 3.44. The van der Waals surface area contributed by atoms with Crippen molar-refractivity contribution in [3.05, 3.63) is 30.3 Å². The molecular formula is C16H21NO5. The molecule has 2 rings (SSSR count). The molecule has 1 aromatic rings. The number of ether oxygens (including phenoxy) is 2. The summed E-state index contributed by atoms with van der Waals surface area (Å²) in [6, 6.07) is 9.47. The van der Waals surface area contributed by atoms with Crippen LogP contribution in [-0.4, -0.2) is 54.3 Å². The molecule has 6 heteroatoms. The second-order valence-corrected chi connectivity index (χ2v) is 5.20. The number of hydrogen-bond donors (Lipinski definition) is 1. The zero-order valence-electron chi connectivity index (χ0n) is 12.4. The molecule has 1 atom stereocenters. The molecule has 120 valence electrons. The number of amides is 1. The van der Waals surface area contributed by atoms with E-state index in [4.69, 9.17) is 14.6 Å². The number of rotatable bonds is 7. The Labute approximate surface area is 129 Å². The number of hydrogen-bond acceptors (Lipinski definition) is 4. The van der Waals surface area contributed by atoms with Crippen LogP contribution in [-0.2, 0) is 14.3 Å². The average Bonchev–Trinajstić information content (AvgIpc) is 2.52. The van der Waals surface area contributed by atoms with Crippen molar-refractivity contribution in [2.75, 3.05) is 26.3 Å². The summed E-state index contributed by atoms with van der Waals surface area (Å²) in [7, 11) is 0. The minimum atomic E-state index is -0.907. The number of carboxylic acid groups (broad SMARTS) is 1. The fraction of sp³-hybridized carbons (Fsp3) is 0.500. The maximum absolute atomic E-state index is 12.1. The molecule has 0 bridgehead atoms. The molecule has 1 heterocycles. The number of carbonyl (C=O) groups is 2. The topological polar surface area (TPSA) is 76.1 Å². The Bertz CT molecular complexity index is 491. The van der Waals surface area contributed by atoms with Crippen molar-refractivity contribution in [1.82, 2.24) is 4.90 Å². The van der Waals surface area contributed by atoms with E-state index >= 15 is 0 Å². The first kappa shape index (κ1) is 16.3. The third kappa shape index (κ3) is 5.37. The molecule has 1 amide bonds. The van der Waals surface area contributed by atoms with E-state index < -0.39 is 12.1 Å². The predicted molar refractivity (Wildman–Crippen MR) is 79.7 cm³/mol. The summed E-state index contributed by atoms with van der Waals surface area (Å²) < 4.78 is 10.9. The van der Waals surface area contributed by atoms with Gasteiger partial charge in [-0.05, 0) is 18.6 Å². The van der Waals surface area contributed by atoms with Crippen molar-refractivity contribution in [1.29, 1.82) is 0 Å². The monoisotopic (exact) mass is 307 g/mol. The van der Waals surface area contributed by atoms with E-state index in [1.807, 2.05) is 30.3 Å². The number of nitrogens with zero attached hydrogens (tertiary/aromatic N) is 1. The minimum absolute atomic E-state index is 0.0235. The molecule has 22 heavy (non-hydrogen) atoms. The second kappa shape index (κ2) is 8.38. The first-order chi connectivity index (χ1) is 10.6. The average molecular weight is 307 g/mol. The van der Waals surface area contributed by atoms with Gasteiger partial charge in [-0.2, -0.15) is 0 Å². The molecule has 0 radical (unpaired) electrons. The van der Waals surface area contributed by atoms with Crippen LogP contribution in [0.4, 0.5) is 0 Å². The molecule has 1 aliphatic heterocycles. The summed E-state index contributed by atoms with van der Waals surface area (Å²) >= 11 is 0. The van der Waals surface area contributed by atoms with Crippen LogP contribution < -0.4 is 4.74 Å². The summed E-state index contributed by atoms with van der Waals surface area (Å²) in [5.41, 5.74) is 0. The van der Waals surface area contributed by atoms with Gasteiger partial charge in [0.1, 0.15) is 5.75 Å². The maximum atomic E-state index is 12.1. The molecule has 0 aliphatic carbocycles. The predicted octanol–water partition coefficient (Wildman–Crippen LogP) is 1.55. The first-order valence-electron chi connectivity index (χ1n) is 7.44. The van der Waals surface area contributed by atoms with E-state index in [1.165, 1.54) is 0 Å². The van der Waals surface area contributed by atoms with Crippen molar-refractivity contribution in [2.24, 2.45) is 0 Å². The lowest BCUT2D eigenvalue weighted by Gasteiger charge is -2.32. The van der Waals surface area contributed by atoms with Crippen molar-refractivity contribution >= 4 is 11.9 Å². The Morgan fingerprint density at radius 2 is 2.09 bits per heavy atom. The highest BCUT2D eigenvalue weighted by molar-refractivity contribution is 5.76. The van der Waals surface area contributed by atoms with E-state index in [1.54, 1.807) is 4.90 Å². The molecule has 0 saturated carbocycles. The molecule has 1 N–H and O–H groups in total. The van der Waals surface area contributed by atoms with Gasteiger partial charge in [-0.1, -0.05) is 18.2 Å². The molecular weight excluding hydrogens is 286 g/mol. The Morgan fingerprint density at radius 1 is 1.32 bits per heavy atom. The number of carboxylic acids is 1. The standard InChI is InChI=1S/C16H21NO5/c18-15(7-4-9-21-13-5-2-1-3-6-13)17-8-10-22-14(12-17)11-16(19)20/h1-3,5-6,14H,4,7-12H2,(H,19,20)/t14-/m1/s1. The Kier molecular flexibility index (Phi) is 6.21. The van der Waals surface area contributed by atoms with Gasteiger partial charge in [0.2, 0.25) is 5.91 Å². The van der Waals surface area contributed by atoms with Crippen LogP contribution in [0.5, 0.6) is 5.75 Å². The van der Waals surface area contributed by atoms with Crippen LogP contribution in [0.1, 0.15) is 19.3 Å². The quantitative estimate of drug-likeness (QED) is 0.773. The molecule has 1 aliphatic rings. The summed E-state index contributed by atoms with van der Waals surface area (Å²) in [5, 5.41) is 8.77. The van der Waals surface area contributed by atoms with Crippen molar-refractivity contribution in [3.8, 4) is 5.75 Å². The van der Waals surface area contributed by atoms with Crippen LogP contribution in [0.2, 0.25) is 0 Å². The van der Waals surface area contributed by atoms with Gasteiger partial charge in [0.25, 0.3) is 0 Å². The minimum Gasteiger partial charge on any atom is -0.494 e. The molecule has 0 unspecified atom stereocenters. The second-order valence-electron chi connectivity index (χ2n) is 5.20. The van der Waals surface area contributed by atoms with Gasteiger partial charge in [0, 0.05) is 19.5 Å². The fourth-order valence-corrected chi connectivity index (χ4v) is 2.35. The Hall–Kier alpha value is -2.08. The van der Waals surface area contributed by atoms with Crippen molar-refractivity contribution in [2.45, 2.75) is 25.4 Å². The van der Waals surface area contributed by atoms with E-state index in [-0.39, 0.29) is 12.3 Å². The number of morpholine rings is 1. The summed E-state index contributed by atoms with van der Waals surface area (Å²) in [6.07, 6.45) is 0.554. The lowest BCUT2D eigenvalue weighted by molar-refractivity contribution is -0.147. The zero-order valence-corrected chi connectivity index (χ0v) is 12.4. The Morgan fingerprint density at radius 3 is 2.82 bits per heavy atom. The zero-order chi connectivity index (χ0) is 15.8. The van der Waals surface area contributed by atoms with Crippen LogP contribution in [0.15, 0.2) is 30.3 Å². The van der Waals surface area contributed by atoms with Crippen LogP contribution in [0.25, 0.3) is 0 Å². The number of para-hydroxylation sites is 1. The third-order valence-corrected chi connectivity index (χ3v) is 3.44. The van der Waals surface area contributed by atoms with Gasteiger partial charge in [-0.25, -0.2) is 0 Å². The number of benzene rings is 1. The molecule has 0 spiro atoms. The molecule has 6 nitrogen and oxygen atoms in total. The van der Waals surface area contributed by atoms with Gasteiger partial charge < -0.3 is 19.5 Å². The largest absolute Gasteiger partial charge is 0.494 e.